The first-order valence-corrected chi connectivity index (χ1v) is 6.73. The van der Waals surface area contributed by atoms with Crippen molar-refractivity contribution in [3.8, 4) is 0 Å². The number of nitrogens with one attached hydrogen (secondary N) is 1. The van der Waals surface area contributed by atoms with Gasteiger partial charge in [-0.3, -0.25) is 9.48 Å². The van der Waals surface area contributed by atoms with Crippen LogP contribution >= 0.6 is 0 Å². The highest BCUT2D eigenvalue weighted by Crippen LogP contribution is 2.18. The summed E-state index contributed by atoms with van der Waals surface area (Å²) in [6.07, 6.45) is 1.90. The van der Waals surface area contributed by atoms with Crippen LogP contribution in [0.15, 0.2) is 53.5 Å². The van der Waals surface area contributed by atoms with Crippen molar-refractivity contribution < 1.29 is 0 Å². The molecule has 1 N–H and O–H groups in total. The Bertz CT molecular complexity index is 575. The molecule has 0 bridgehead atoms. The summed E-state index contributed by atoms with van der Waals surface area (Å²) in [5, 5.41) is 3.09. The van der Waals surface area contributed by atoms with Gasteiger partial charge in [-0.1, -0.05) is 0 Å². The summed E-state index contributed by atoms with van der Waals surface area (Å²) in [6.45, 7) is 0. The van der Waals surface area contributed by atoms with E-state index in [0.717, 1.165) is 21.4 Å². The lowest BCUT2D eigenvalue weighted by atomic mass is 10.2. The number of rotatable bonds is 4. The van der Waals surface area contributed by atoms with Gasteiger partial charge in [0.05, 0.1) is 26.8 Å². The molecule has 3 heteroatoms. The minimum Gasteiger partial charge on any atom is -0.388 e. The normalized spacial score (nSPS) is 11.8. The highest BCUT2D eigenvalue weighted by Gasteiger charge is 2.10. The molecule has 0 unspecified atom stereocenters. The van der Waals surface area contributed by atoms with Crippen LogP contribution in [0.2, 0.25) is 0 Å². The Hall–Kier alpha value is -2.13. The third kappa shape index (κ3) is 3.68. The molecule has 0 saturated carbocycles. The summed E-state index contributed by atoms with van der Waals surface area (Å²) >= 11 is 0. The Balaban J connectivity index is 2.10. The predicted octanol–water partition coefficient (Wildman–Crippen LogP) is 3.68. The van der Waals surface area contributed by atoms with E-state index < -0.39 is 0 Å². The topological polar surface area (TPSA) is 24.4 Å². The summed E-state index contributed by atoms with van der Waals surface area (Å²) in [5.74, 6) is 0. The summed E-state index contributed by atoms with van der Waals surface area (Å²) in [7, 11) is 8.39. The van der Waals surface area contributed by atoms with E-state index in [4.69, 9.17) is 0 Å². The molecule has 0 aromatic heterocycles. The largest absolute Gasteiger partial charge is 0.388 e. The molecule has 0 saturated heterocycles. The van der Waals surface area contributed by atoms with Gasteiger partial charge >= 0.3 is 0 Å². The number of nitrogens with zero attached hydrogens (tertiary/aromatic N) is 2. The lowest BCUT2D eigenvalue weighted by molar-refractivity contribution is 0.486. The van der Waals surface area contributed by atoms with E-state index in [1.54, 1.807) is 0 Å². The molecule has 2 aromatic carbocycles. The first kappa shape index (κ1) is 14.3. The van der Waals surface area contributed by atoms with E-state index >= 15 is 0 Å². The van der Waals surface area contributed by atoms with E-state index in [9.17, 15) is 0 Å². The van der Waals surface area contributed by atoms with E-state index in [1.165, 1.54) is 5.69 Å². The monoisotopic (exact) mass is 268 g/mol. The van der Waals surface area contributed by atoms with Gasteiger partial charge in [0.25, 0.3) is 0 Å². The molecule has 2 aromatic rings. The SMILES string of the molecule is CNc1ccc(N=Cc2ccc([N+](C)(C)C)cc2)cc1. The number of hydrogen-bond acceptors (Lipinski definition) is 2. The van der Waals surface area contributed by atoms with Crippen LogP contribution in [0.3, 0.4) is 0 Å². The first-order valence-electron chi connectivity index (χ1n) is 6.73. The molecule has 0 aliphatic carbocycles. The molecular formula is C17H22N3+. The van der Waals surface area contributed by atoms with Crippen molar-refractivity contribution >= 4 is 23.3 Å². The molecule has 0 spiro atoms. The van der Waals surface area contributed by atoms with Crippen molar-refractivity contribution in [2.75, 3.05) is 33.5 Å². The summed E-state index contributed by atoms with van der Waals surface area (Å²) in [4.78, 5) is 4.49. The minimum absolute atomic E-state index is 0.822. The average Bonchev–Trinajstić information content (AvgIpc) is 2.45. The van der Waals surface area contributed by atoms with Gasteiger partial charge in [-0.25, -0.2) is 0 Å². The molecule has 0 aliphatic rings. The fourth-order valence-electron chi connectivity index (χ4n) is 1.87. The Morgan fingerprint density at radius 2 is 1.50 bits per heavy atom. The summed E-state index contributed by atoms with van der Waals surface area (Å²) in [6, 6.07) is 16.5. The molecule has 0 radical (unpaired) electrons. The second kappa shape index (κ2) is 5.88. The van der Waals surface area contributed by atoms with Crippen molar-refractivity contribution in [3.05, 3.63) is 54.1 Å². The molecule has 0 fully saturated rings. The molecule has 104 valence electrons. The van der Waals surface area contributed by atoms with Gasteiger partial charge in [0.1, 0.15) is 5.69 Å². The third-order valence-electron chi connectivity index (χ3n) is 3.19. The van der Waals surface area contributed by atoms with Crippen molar-refractivity contribution in [2.24, 2.45) is 4.99 Å². The Labute approximate surface area is 121 Å². The highest BCUT2D eigenvalue weighted by molar-refractivity contribution is 5.82. The lowest BCUT2D eigenvalue weighted by Gasteiger charge is -2.23. The van der Waals surface area contributed by atoms with Crippen LogP contribution in [0.4, 0.5) is 17.1 Å². The Morgan fingerprint density at radius 1 is 0.900 bits per heavy atom. The zero-order chi connectivity index (χ0) is 14.6. The molecule has 0 amide bonds. The van der Waals surface area contributed by atoms with Gasteiger partial charge in [0.15, 0.2) is 0 Å². The predicted molar refractivity (Wildman–Crippen MR) is 89.3 cm³/mol. The van der Waals surface area contributed by atoms with Gasteiger partial charge in [0, 0.05) is 18.9 Å². The van der Waals surface area contributed by atoms with Gasteiger partial charge in [0.2, 0.25) is 0 Å². The average molecular weight is 268 g/mol. The van der Waals surface area contributed by atoms with Gasteiger partial charge in [-0.2, -0.15) is 0 Å². The van der Waals surface area contributed by atoms with Crippen molar-refractivity contribution in [2.45, 2.75) is 0 Å². The van der Waals surface area contributed by atoms with Crippen LogP contribution in [-0.4, -0.2) is 34.4 Å². The van der Waals surface area contributed by atoms with Gasteiger partial charge < -0.3 is 5.32 Å². The molecule has 0 atom stereocenters. The van der Waals surface area contributed by atoms with Crippen LogP contribution in [0.5, 0.6) is 0 Å². The van der Waals surface area contributed by atoms with E-state index in [-0.39, 0.29) is 0 Å². The fraction of sp³-hybridized carbons (Fsp3) is 0.235. The Morgan fingerprint density at radius 3 is 2.00 bits per heavy atom. The second-order valence-electron chi connectivity index (χ2n) is 5.66. The maximum absolute atomic E-state index is 4.49. The first-order chi connectivity index (χ1) is 9.49. The number of hydrogen-bond donors (Lipinski definition) is 1. The number of anilines is 1. The lowest BCUT2D eigenvalue weighted by Crippen LogP contribution is -2.34. The van der Waals surface area contributed by atoms with E-state index in [0.29, 0.717) is 0 Å². The zero-order valence-corrected chi connectivity index (χ0v) is 12.6. The molecule has 3 nitrogen and oxygen atoms in total. The highest BCUT2D eigenvalue weighted by atomic mass is 15.3. The summed E-state index contributed by atoms with van der Waals surface area (Å²) in [5.41, 5.74) is 4.44. The van der Waals surface area contributed by atoms with Crippen molar-refractivity contribution in [1.29, 1.82) is 0 Å². The van der Waals surface area contributed by atoms with Gasteiger partial charge in [-0.05, 0) is 54.1 Å². The smallest absolute Gasteiger partial charge is 0.132 e. The number of aliphatic imine (C=N–C) groups is 1. The number of quaternary nitrogens is 1. The fourth-order valence-corrected chi connectivity index (χ4v) is 1.87. The van der Waals surface area contributed by atoms with Crippen molar-refractivity contribution in [1.82, 2.24) is 4.48 Å². The third-order valence-corrected chi connectivity index (χ3v) is 3.19. The Kier molecular flexibility index (Phi) is 4.20. The minimum atomic E-state index is 0.822. The molecule has 2 rings (SSSR count). The van der Waals surface area contributed by atoms with Crippen LogP contribution < -0.4 is 9.80 Å². The summed E-state index contributed by atoms with van der Waals surface area (Å²) < 4.78 is 0.822. The van der Waals surface area contributed by atoms with Crippen LogP contribution in [0.25, 0.3) is 0 Å². The second-order valence-corrected chi connectivity index (χ2v) is 5.66. The number of benzene rings is 2. The molecule has 0 aliphatic heterocycles. The quantitative estimate of drug-likeness (QED) is 0.664. The standard InChI is InChI=1S/C17H22N3/c1-18-15-7-9-16(10-8-15)19-13-14-5-11-17(12-6-14)20(2,3)4/h5-13,18H,1-4H3/q+1. The molecular weight excluding hydrogens is 246 g/mol. The maximum Gasteiger partial charge on any atom is 0.132 e. The van der Waals surface area contributed by atoms with Crippen LogP contribution in [-0.2, 0) is 0 Å². The van der Waals surface area contributed by atoms with Crippen LogP contribution in [0.1, 0.15) is 5.56 Å². The van der Waals surface area contributed by atoms with Crippen LogP contribution in [0, 0.1) is 0 Å². The molecule has 0 heterocycles. The maximum atomic E-state index is 4.49. The van der Waals surface area contributed by atoms with E-state index in [1.807, 2.05) is 37.5 Å². The zero-order valence-electron chi connectivity index (χ0n) is 12.6. The molecule has 20 heavy (non-hydrogen) atoms. The van der Waals surface area contributed by atoms with Crippen molar-refractivity contribution in [3.63, 3.8) is 0 Å². The van der Waals surface area contributed by atoms with E-state index in [2.05, 4.69) is 55.7 Å². The van der Waals surface area contributed by atoms with Gasteiger partial charge in [-0.15, -0.1) is 0 Å².